The minimum Gasteiger partial charge on any atom is -0.494 e. The van der Waals surface area contributed by atoms with Crippen molar-refractivity contribution >= 4 is 22.5 Å². The molecule has 32 heavy (non-hydrogen) atoms. The number of anilines is 1. The average Bonchev–Trinajstić information content (AvgIpc) is 3.21. The molecule has 11 heteroatoms. The van der Waals surface area contributed by atoms with Crippen molar-refractivity contribution < 1.29 is 27.8 Å². The predicted molar refractivity (Wildman–Crippen MR) is 109 cm³/mol. The highest BCUT2D eigenvalue weighted by Gasteiger charge is 2.34. The van der Waals surface area contributed by atoms with E-state index in [1.165, 1.54) is 7.11 Å². The fourth-order valence-electron chi connectivity index (χ4n) is 3.90. The van der Waals surface area contributed by atoms with Gasteiger partial charge in [0.15, 0.2) is 0 Å². The number of amides is 1. The summed E-state index contributed by atoms with van der Waals surface area (Å²) in [6, 6.07) is 3.64. The summed E-state index contributed by atoms with van der Waals surface area (Å²) in [5, 5.41) is 17.4. The van der Waals surface area contributed by atoms with E-state index in [-0.39, 0.29) is 18.2 Å². The van der Waals surface area contributed by atoms with Crippen molar-refractivity contribution in [2.45, 2.75) is 37.9 Å². The number of aliphatic hydroxyl groups excluding tert-OH is 1. The van der Waals surface area contributed by atoms with Crippen molar-refractivity contribution in [2.75, 3.05) is 19.0 Å². The zero-order chi connectivity index (χ0) is 22.9. The minimum atomic E-state index is -4.68. The van der Waals surface area contributed by atoms with Crippen LogP contribution in [0.1, 0.15) is 47.9 Å². The van der Waals surface area contributed by atoms with Crippen LogP contribution < -0.4 is 10.1 Å². The highest BCUT2D eigenvalue weighted by Crippen LogP contribution is 2.35. The quantitative estimate of drug-likeness (QED) is 0.614. The van der Waals surface area contributed by atoms with Gasteiger partial charge in [0, 0.05) is 36.7 Å². The highest BCUT2D eigenvalue weighted by molar-refractivity contribution is 6.05. The lowest BCUT2D eigenvalue weighted by Crippen LogP contribution is -2.20. The third-order valence-corrected chi connectivity index (χ3v) is 5.71. The summed E-state index contributed by atoms with van der Waals surface area (Å²) in [6.07, 6.45) is 2.61. The first-order chi connectivity index (χ1) is 15.3. The van der Waals surface area contributed by atoms with E-state index in [9.17, 15) is 23.1 Å². The molecule has 4 rings (SSSR count). The van der Waals surface area contributed by atoms with Gasteiger partial charge in [-0.05, 0) is 37.7 Å². The van der Waals surface area contributed by atoms with Crippen molar-refractivity contribution in [3.63, 3.8) is 0 Å². The Bertz CT molecular complexity index is 1110. The van der Waals surface area contributed by atoms with Gasteiger partial charge in [-0.2, -0.15) is 18.3 Å². The molecular weight excluding hydrogens is 427 g/mol. The number of nitrogens with one attached hydrogen (secondary N) is 1. The van der Waals surface area contributed by atoms with Gasteiger partial charge in [0.25, 0.3) is 5.91 Å². The number of aromatic nitrogens is 4. The van der Waals surface area contributed by atoms with Crippen molar-refractivity contribution in [3.05, 3.63) is 42.1 Å². The second kappa shape index (κ2) is 8.73. The highest BCUT2D eigenvalue weighted by atomic mass is 19.4. The van der Waals surface area contributed by atoms with Crippen LogP contribution in [0.5, 0.6) is 5.75 Å². The summed E-state index contributed by atoms with van der Waals surface area (Å²) in [6.45, 7) is 0.206. The molecule has 1 amide bonds. The molecule has 0 bridgehead atoms. The van der Waals surface area contributed by atoms with E-state index in [4.69, 9.17) is 4.74 Å². The number of carbonyl (C=O) groups is 1. The SMILES string of the molecule is COc1cc2nn([C@H]3CC[C@H](CO)CC3)cc2cc1NC(=O)c1cnc(C(F)(F)F)nc1. The number of nitrogens with zero attached hydrogens (tertiary/aromatic N) is 4. The lowest BCUT2D eigenvalue weighted by Gasteiger charge is -2.27. The minimum absolute atomic E-state index is 0.114. The molecule has 1 aliphatic carbocycles. The molecule has 0 atom stereocenters. The smallest absolute Gasteiger partial charge is 0.451 e. The van der Waals surface area contributed by atoms with Gasteiger partial charge in [-0.3, -0.25) is 9.48 Å². The number of rotatable bonds is 5. The Morgan fingerprint density at radius 1 is 1.22 bits per heavy atom. The molecule has 0 radical (unpaired) electrons. The van der Waals surface area contributed by atoms with Crippen LogP contribution in [0.25, 0.3) is 10.9 Å². The van der Waals surface area contributed by atoms with E-state index >= 15 is 0 Å². The number of alkyl halides is 3. The Hall–Kier alpha value is -3.21. The number of fused-ring (bicyclic) bond motifs is 1. The van der Waals surface area contributed by atoms with Crippen LogP contribution in [0.15, 0.2) is 30.7 Å². The molecule has 1 fully saturated rings. The van der Waals surface area contributed by atoms with E-state index < -0.39 is 17.9 Å². The zero-order valence-corrected chi connectivity index (χ0v) is 17.3. The first-order valence-corrected chi connectivity index (χ1v) is 10.2. The standard InChI is InChI=1S/C21H22F3N5O3/c1-32-18-7-16-13(10-29(28-16)15-4-2-12(11-30)3-5-15)6-17(18)27-19(31)14-8-25-20(26-9-14)21(22,23)24/h6-10,12,15,30H,2-5,11H2,1H3,(H,27,31)/t12-,15-. The van der Waals surface area contributed by atoms with Gasteiger partial charge >= 0.3 is 6.18 Å². The maximum atomic E-state index is 12.6. The normalized spacial score (nSPS) is 19.2. The average molecular weight is 449 g/mol. The molecule has 8 nitrogen and oxygen atoms in total. The number of ether oxygens (including phenoxy) is 1. The van der Waals surface area contributed by atoms with Gasteiger partial charge in [0.1, 0.15) is 5.75 Å². The molecule has 0 unspecified atom stereocenters. The maximum absolute atomic E-state index is 12.6. The van der Waals surface area contributed by atoms with Crippen LogP contribution in [-0.4, -0.2) is 44.5 Å². The molecular formula is C21H22F3N5O3. The van der Waals surface area contributed by atoms with Crippen molar-refractivity contribution in [1.29, 1.82) is 0 Å². The topological polar surface area (TPSA) is 102 Å². The van der Waals surface area contributed by atoms with Crippen molar-refractivity contribution in [2.24, 2.45) is 5.92 Å². The Labute approximate surface area is 181 Å². The lowest BCUT2D eigenvalue weighted by molar-refractivity contribution is -0.145. The summed E-state index contributed by atoms with van der Waals surface area (Å²) in [4.78, 5) is 19.0. The summed E-state index contributed by atoms with van der Waals surface area (Å²) in [5.74, 6) is -1.26. The third kappa shape index (κ3) is 4.52. The number of methoxy groups -OCH3 is 1. The molecule has 1 aliphatic rings. The molecule has 2 N–H and O–H groups in total. The largest absolute Gasteiger partial charge is 0.494 e. The first kappa shape index (κ1) is 22.0. The van der Waals surface area contributed by atoms with E-state index in [0.717, 1.165) is 43.5 Å². The molecule has 2 aromatic heterocycles. The van der Waals surface area contributed by atoms with E-state index in [0.29, 0.717) is 22.9 Å². The Morgan fingerprint density at radius 3 is 2.50 bits per heavy atom. The predicted octanol–water partition coefficient (Wildman–Crippen LogP) is 3.83. The molecule has 1 aromatic carbocycles. The molecule has 0 saturated heterocycles. The van der Waals surface area contributed by atoms with Gasteiger partial charge in [-0.15, -0.1) is 0 Å². The number of halogens is 3. The van der Waals surface area contributed by atoms with Crippen LogP contribution in [0.4, 0.5) is 18.9 Å². The fraction of sp³-hybridized carbons (Fsp3) is 0.429. The summed E-state index contributed by atoms with van der Waals surface area (Å²) >= 11 is 0. The van der Waals surface area contributed by atoms with Crippen molar-refractivity contribution in [1.82, 2.24) is 19.7 Å². The van der Waals surface area contributed by atoms with E-state index in [2.05, 4.69) is 20.4 Å². The molecule has 0 spiro atoms. The number of carbonyl (C=O) groups excluding carboxylic acids is 1. The number of hydrogen-bond acceptors (Lipinski definition) is 6. The fourth-order valence-corrected chi connectivity index (χ4v) is 3.90. The molecule has 0 aliphatic heterocycles. The Balaban J connectivity index is 1.55. The number of aliphatic hydroxyl groups is 1. The number of hydrogen-bond donors (Lipinski definition) is 2. The second-order valence-electron chi connectivity index (χ2n) is 7.82. The first-order valence-electron chi connectivity index (χ1n) is 10.2. The Morgan fingerprint density at radius 2 is 1.91 bits per heavy atom. The molecule has 170 valence electrons. The van der Waals surface area contributed by atoms with Crippen molar-refractivity contribution in [3.8, 4) is 5.75 Å². The van der Waals surface area contributed by atoms with Gasteiger partial charge in [-0.1, -0.05) is 0 Å². The third-order valence-electron chi connectivity index (χ3n) is 5.71. The summed E-state index contributed by atoms with van der Waals surface area (Å²) < 4.78 is 45.2. The van der Waals surface area contributed by atoms with Crippen LogP contribution in [0, 0.1) is 5.92 Å². The number of benzene rings is 1. The summed E-state index contributed by atoms with van der Waals surface area (Å²) in [5.41, 5.74) is 0.937. The van der Waals surface area contributed by atoms with Crippen LogP contribution >= 0.6 is 0 Å². The lowest BCUT2D eigenvalue weighted by atomic mass is 9.87. The van der Waals surface area contributed by atoms with Crippen LogP contribution in [-0.2, 0) is 6.18 Å². The second-order valence-corrected chi connectivity index (χ2v) is 7.82. The molecule has 3 aromatic rings. The molecule has 1 saturated carbocycles. The van der Waals surface area contributed by atoms with Crippen LogP contribution in [0.3, 0.4) is 0 Å². The molecule has 2 heterocycles. The van der Waals surface area contributed by atoms with E-state index in [1.807, 2.05) is 10.9 Å². The zero-order valence-electron chi connectivity index (χ0n) is 17.3. The van der Waals surface area contributed by atoms with Crippen LogP contribution in [0.2, 0.25) is 0 Å². The van der Waals surface area contributed by atoms with Gasteiger partial charge in [0.05, 0.1) is 29.9 Å². The monoisotopic (exact) mass is 449 g/mol. The maximum Gasteiger partial charge on any atom is 0.451 e. The van der Waals surface area contributed by atoms with Gasteiger partial charge in [0.2, 0.25) is 5.82 Å². The summed E-state index contributed by atoms with van der Waals surface area (Å²) in [7, 11) is 1.45. The Kier molecular flexibility index (Phi) is 6.00. The van der Waals surface area contributed by atoms with Gasteiger partial charge < -0.3 is 15.2 Å². The van der Waals surface area contributed by atoms with E-state index in [1.54, 1.807) is 12.1 Å². The van der Waals surface area contributed by atoms with Gasteiger partial charge in [-0.25, -0.2) is 9.97 Å².